The van der Waals surface area contributed by atoms with Crippen molar-refractivity contribution in [3.8, 4) is 5.75 Å². The van der Waals surface area contributed by atoms with Crippen molar-refractivity contribution in [3.05, 3.63) is 71.3 Å². The van der Waals surface area contributed by atoms with E-state index in [-0.39, 0.29) is 5.91 Å². The molecule has 4 rings (SSSR count). The second-order valence-corrected chi connectivity index (χ2v) is 9.63. The quantitative estimate of drug-likeness (QED) is 0.215. The highest BCUT2D eigenvalue weighted by Crippen LogP contribution is 2.34. The van der Waals surface area contributed by atoms with Gasteiger partial charge in [0, 0.05) is 36.1 Å². The molecule has 0 saturated carbocycles. The van der Waals surface area contributed by atoms with Crippen molar-refractivity contribution in [2.24, 2.45) is 0 Å². The fourth-order valence-electron chi connectivity index (χ4n) is 3.74. The summed E-state index contributed by atoms with van der Waals surface area (Å²) in [7, 11) is 0. The van der Waals surface area contributed by atoms with E-state index in [2.05, 4.69) is 11.9 Å². The predicted molar refractivity (Wildman–Crippen MR) is 139 cm³/mol. The van der Waals surface area contributed by atoms with Crippen LogP contribution in [0, 0.1) is 6.92 Å². The number of thiazole rings is 1. The Morgan fingerprint density at radius 1 is 1.21 bits per heavy atom. The van der Waals surface area contributed by atoms with Gasteiger partial charge in [0.1, 0.15) is 5.75 Å². The van der Waals surface area contributed by atoms with E-state index in [1.807, 2.05) is 54.1 Å². The maximum absolute atomic E-state index is 13.7. The van der Waals surface area contributed by atoms with Gasteiger partial charge in [-0.2, -0.15) is 0 Å². The zero-order valence-electron chi connectivity index (χ0n) is 19.5. The van der Waals surface area contributed by atoms with Crippen molar-refractivity contribution in [2.45, 2.75) is 46.1 Å². The van der Waals surface area contributed by atoms with Crippen LogP contribution in [0.1, 0.15) is 48.5 Å². The summed E-state index contributed by atoms with van der Waals surface area (Å²) < 4.78 is 8.90. The lowest BCUT2D eigenvalue weighted by Crippen LogP contribution is -2.32. The summed E-state index contributed by atoms with van der Waals surface area (Å²) in [6.45, 7) is 6.07. The smallest absolute Gasteiger partial charge is 0.260 e. The molecule has 6 nitrogen and oxygen atoms in total. The number of aromatic nitrogens is 3. The van der Waals surface area contributed by atoms with Gasteiger partial charge >= 0.3 is 0 Å². The summed E-state index contributed by atoms with van der Waals surface area (Å²) in [6.07, 6.45) is 9.51. The fourth-order valence-corrected chi connectivity index (χ4v) is 4.94. The third-order valence-corrected chi connectivity index (χ3v) is 7.12. The standard InChI is InChI=1S/C26H29ClN4O2S/c1-3-4-5-16-33-21-9-6-8-20(17-21)25(32)31(14-7-13-30-15-12-28-18-30)26-29-24-19(2)22(27)10-11-23(24)34-26/h6,8-12,15,17-18H,3-5,7,13-14,16H2,1-2H3. The first-order valence-electron chi connectivity index (χ1n) is 11.6. The van der Waals surface area contributed by atoms with Crippen molar-refractivity contribution in [3.63, 3.8) is 0 Å². The molecule has 178 valence electrons. The van der Waals surface area contributed by atoms with Gasteiger partial charge in [-0.1, -0.05) is 48.8 Å². The maximum Gasteiger partial charge on any atom is 0.260 e. The van der Waals surface area contributed by atoms with Crippen LogP contribution in [-0.2, 0) is 6.54 Å². The van der Waals surface area contributed by atoms with Crippen LogP contribution in [0.4, 0.5) is 5.13 Å². The van der Waals surface area contributed by atoms with Crippen molar-refractivity contribution in [1.82, 2.24) is 14.5 Å². The third-order valence-electron chi connectivity index (χ3n) is 5.67. The Kier molecular flexibility index (Phi) is 8.19. The molecule has 0 aliphatic heterocycles. The molecule has 34 heavy (non-hydrogen) atoms. The molecule has 2 heterocycles. The first-order valence-corrected chi connectivity index (χ1v) is 12.8. The molecule has 0 fully saturated rings. The van der Waals surface area contributed by atoms with E-state index in [4.69, 9.17) is 21.3 Å². The van der Waals surface area contributed by atoms with Gasteiger partial charge in [0.2, 0.25) is 0 Å². The van der Waals surface area contributed by atoms with Crippen LogP contribution in [0.25, 0.3) is 10.2 Å². The Bertz CT molecular complexity index is 1240. The van der Waals surface area contributed by atoms with E-state index in [1.165, 1.54) is 11.3 Å². The molecule has 1 amide bonds. The van der Waals surface area contributed by atoms with Crippen LogP contribution in [0.15, 0.2) is 55.1 Å². The van der Waals surface area contributed by atoms with Gasteiger partial charge in [-0.05, 0) is 55.7 Å². The lowest BCUT2D eigenvalue weighted by molar-refractivity contribution is 0.0986. The number of carbonyl (C=O) groups is 1. The minimum atomic E-state index is -0.0903. The van der Waals surface area contributed by atoms with Crippen LogP contribution in [0.3, 0.4) is 0 Å². The van der Waals surface area contributed by atoms with E-state index < -0.39 is 0 Å². The van der Waals surface area contributed by atoms with Crippen molar-refractivity contribution >= 4 is 44.2 Å². The number of hydrogen-bond acceptors (Lipinski definition) is 5. The van der Waals surface area contributed by atoms with E-state index in [0.29, 0.717) is 34.6 Å². The number of unbranched alkanes of at least 4 members (excludes halogenated alkanes) is 2. The van der Waals surface area contributed by atoms with Crippen LogP contribution >= 0.6 is 22.9 Å². The highest BCUT2D eigenvalue weighted by molar-refractivity contribution is 7.22. The maximum atomic E-state index is 13.7. The highest BCUT2D eigenvalue weighted by atomic mass is 35.5. The molecule has 2 aromatic heterocycles. The number of imidazole rings is 1. The number of benzene rings is 2. The van der Waals surface area contributed by atoms with E-state index >= 15 is 0 Å². The van der Waals surface area contributed by atoms with Gasteiger partial charge in [0.15, 0.2) is 5.13 Å². The zero-order chi connectivity index (χ0) is 23.9. The molecule has 0 unspecified atom stereocenters. The molecule has 0 N–H and O–H groups in total. The summed E-state index contributed by atoms with van der Waals surface area (Å²) in [5, 5.41) is 1.35. The van der Waals surface area contributed by atoms with Crippen molar-refractivity contribution in [1.29, 1.82) is 0 Å². The molecular weight excluding hydrogens is 468 g/mol. The average Bonchev–Trinajstić information content (AvgIpc) is 3.52. The number of aryl methyl sites for hydroxylation is 2. The van der Waals surface area contributed by atoms with Gasteiger partial charge in [-0.3, -0.25) is 9.69 Å². The van der Waals surface area contributed by atoms with E-state index in [1.54, 1.807) is 17.4 Å². The van der Waals surface area contributed by atoms with Crippen LogP contribution in [0.2, 0.25) is 5.02 Å². The van der Waals surface area contributed by atoms with Gasteiger partial charge < -0.3 is 9.30 Å². The number of amides is 1. The predicted octanol–water partition coefficient (Wildman–Crippen LogP) is 6.76. The monoisotopic (exact) mass is 496 g/mol. The minimum Gasteiger partial charge on any atom is -0.494 e. The second-order valence-electron chi connectivity index (χ2n) is 8.21. The zero-order valence-corrected chi connectivity index (χ0v) is 21.1. The normalized spacial score (nSPS) is 11.1. The second kappa shape index (κ2) is 11.5. The number of halogens is 1. The lowest BCUT2D eigenvalue weighted by atomic mass is 10.2. The number of rotatable bonds is 11. The average molecular weight is 497 g/mol. The lowest BCUT2D eigenvalue weighted by Gasteiger charge is -2.20. The topological polar surface area (TPSA) is 60.2 Å². The Morgan fingerprint density at radius 2 is 2.09 bits per heavy atom. The number of ether oxygens (including phenoxy) is 1. The van der Waals surface area contributed by atoms with Crippen molar-refractivity contribution in [2.75, 3.05) is 18.1 Å². The van der Waals surface area contributed by atoms with Crippen LogP contribution in [-0.4, -0.2) is 33.6 Å². The summed E-state index contributed by atoms with van der Waals surface area (Å²) in [6, 6.07) is 11.3. The van der Waals surface area contributed by atoms with Crippen LogP contribution in [0.5, 0.6) is 5.75 Å². The summed E-state index contributed by atoms with van der Waals surface area (Å²) in [5.41, 5.74) is 2.35. The molecule has 8 heteroatoms. The first kappa shape index (κ1) is 24.2. The van der Waals surface area contributed by atoms with Gasteiger partial charge in [-0.15, -0.1) is 0 Å². The van der Waals surface area contributed by atoms with E-state index in [9.17, 15) is 4.79 Å². The molecule has 0 aliphatic rings. The molecule has 0 bridgehead atoms. The van der Waals surface area contributed by atoms with Crippen molar-refractivity contribution < 1.29 is 9.53 Å². The Labute approximate surface area is 209 Å². The Morgan fingerprint density at radius 3 is 2.88 bits per heavy atom. The summed E-state index contributed by atoms with van der Waals surface area (Å²) in [4.78, 5) is 24.4. The number of hydrogen-bond donors (Lipinski definition) is 0. The van der Waals surface area contributed by atoms with Gasteiger partial charge in [0.05, 0.1) is 23.2 Å². The summed E-state index contributed by atoms with van der Waals surface area (Å²) in [5.74, 6) is 0.625. The molecular formula is C26H29ClN4O2S. The number of anilines is 1. The largest absolute Gasteiger partial charge is 0.494 e. The SMILES string of the molecule is CCCCCOc1cccc(C(=O)N(CCCn2ccnc2)c2nc3c(C)c(Cl)ccc3s2)c1. The van der Waals surface area contributed by atoms with Gasteiger partial charge in [-0.25, -0.2) is 9.97 Å². The fraction of sp³-hybridized carbons (Fsp3) is 0.346. The third kappa shape index (κ3) is 5.77. The molecule has 0 aliphatic carbocycles. The number of nitrogens with zero attached hydrogens (tertiary/aromatic N) is 4. The van der Waals surface area contributed by atoms with Gasteiger partial charge in [0.25, 0.3) is 5.91 Å². The molecule has 0 spiro atoms. The Hall–Kier alpha value is -2.90. The number of carbonyl (C=O) groups excluding carboxylic acids is 1. The molecule has 2 aromatic carbocycles. The van der Waals surface area contributed by atoms with E-state index in [0.717, 1.165) is 48.0 Å². The molecule has 0 atom stereocenters. The molecule has 0 radical (unpaired) electrons. The Balaban J connectivity index is 1.58. The first-order chi connectivity index (χ1) is 16.6. The molecule has 0 saturated heterocycles. The highest BCUT2D eigenvalue weighted by Gasteiger charge is 2.22. The minimum absolute atomic E-state index is 0.0903. The number of fused-ring (bicyclic) bond motifs is 1. The summed E-state index contributed by atoms with van der Waals surface area (Å²) >= 11 is 7.82. The van der Waals surface area contributed by atoms with Crippen LogP contribution < -0.4 is 9.64 Å². The molecule has 4 aromatic rings.